The number of carbonyl (C=O) groups excluding carboxylic acids is 2. The van der Waals surface area contributed by atoms with Crippen molar-refractivity contribution in [1.29, 1.82) is 0 Å². The summed E-state index contributed by atoms with van der Waals surface area (Å²) >= 11 is 0. The molecule has 1 saturated heterocycles. The number of carbonyl (C=O) groups is 2. The topological polar surface area (TPSA) is 146 Å². The summed E-state index contributed by atoms with van der Waals surface area (Å²) in [5.74, 6) is -0.967. The fourth-order valence-corrected chi connectivity index (χ4v) is 3.89. The second kappa shape index (κ2) is 10.1. The molecule has 34 heavy (non-hydrogen) atoms. The fraction of sp³-hybridized carbons (Fsp3) is 0.292. The van der Waals surface area contributed by atoms with E-state index < -0.39 is 43.0 Å². The smallest absolute Gasteiger partial charge is 0.276 e. The first-order valence-corrected chi connectivity index (χ1v) is 10.9. The Morgan fingerprint density at radius 2 is 1.50 bits per heavy atom. The van der Waals surface area contributed by atoms with Gasteiger partial charge in [-0.2, -0.15) is 0 Å². The number of nitrogens with one attached hydrogen (secondary N) is 2. The summed E-state index contributed by atoms with van der Waals surface area (Å²) < 4.78 is 7.00. The van der Waals surface area contributed by atoms with Crippen molar-refractivity contribution < 1.29 is 29.6 Å². The van der Waals surface area contributed by atoms with Crippen LogP contribution in [0.5, 0.6) is 0 Å². The van der Waals surface area contributed by atoms with E-state index in [2.05, 4.69) is 15.6 Å². The van der Waals surface area contributed by atoms with E-state index in [4.69, 9.17) is 4.74 Å². The van der Waals surface area contributed by atoms with Gasteiger partial charge >= 0.3 is 0 Å². The van der Waals surface area contributed by atoms with Crippen molar-refractivity contribution in [3.63, 3.8) is 0 Å². The van der Waals surface area contributed by atoms with Crippen molar-refractivity contribution in [3.05, 3.63) is 77.9 Å². The third-order valence-corrected chi connectivity index (χ3v) is 5.57. The maximum atomic E-state index is 13.4. The maximum absolute atomic E-state index is 13.4. The molecule has 4 rings (SSSR count). The average Bonchev–Trinajstić information content (AvgIpc) is 3.37. The quantitative estimate of drug-likeness (QED) is 0.355. The minimum absolute atomic E-state index is 0.135. The summed E-state index contributed by atoms with van der Waals surface area (Å²) in [6.45, 7) is 1.25. The monoisotopic (exact) mass is 466 g/mol. The SMILES string of the molecule is CCc1nc(C(=O)Nc2ccccc2)c(C(=O)Nc2ccccc2)n1[C@@H]1O[C@H](CO)[C@@H](O)[C@H]1O. The lowest BCUT2D eigenvalue weighted by Gasteiger charge is -2.21. The predicted molar refractivity (Wildman–Crippen MR) is 123 cm³/mol. The largest absolute Gasteiger partial charge is 0.394 e. The zero-order valence-corrected chi connectivity index (χ0v) is 18.5. The van der Waals surface area contributed by atoms with Gasteiger partial charge in [-0.25, -0.2) is 4.98 Å². The Morgan fingerprint density at radius 3 is 2.00 bits per heavy atom. The lowest BCUT2D eigenvalue weighted by atomic mass is 10.1. The molecule has 2 amide bonds. The Balaban J connectivity index is 1.79. The van der Waals surface area contributed by atoms with Crippen LogP contribution in [0.25, 0.3) is 0 Å². The van der Waals surface area contributed by atoms with Crippen LogP contribution in [0.2, 0.25) is 0 Å². The number of aliphatic hydroxyl groups excluding tert-OH is 3. The van der Waals surface area contributed by atoms with Crippen molar-refractivity contribution in [1.82, 2.24) is 9.55 Å². The molecule has 2 aromatic carbocycles. The van der Waals surface area contributed by atoms with Crippen molar-refractivity contribution in [2.45, 2.75) is 37.9 Å². The number of amides is 2. The van der Waals surface area contributed by atoms with Gasteiger partial charge in [0, 0.05) is 17.8 Å². The van der Waals surface area contributed by atoms with E-state index in [1.54, 1.807) is 67.6 Å². The molecule has 1 aliphatic heterocycles. The van der Waals surface area contributed by atoms with E-state index in [1.165, 1.54) is 4.57 Å². The van der Waals surface area contributed by atoms with Crippen molar-refractivity contribution >= 4 is 23.2 Å². The number of aryl methyl sites for hydroxylation is 1. The van der Waals surface area contributed by atoms with Gasteiger partial charge in [0.05, 0.1) is 6.61 Å². The van der Waals surface area contributed by atoms with Gasteiger partial charge in [0.25, 0.3) is 11.8 Å². The van der Waals surface area contributed by atoms with Crippen LogP contribution in [-0.4, -0.2) is 61.6 Å². The highest BCUT2D eigenvalue weighted by molar-refractivity contribution is 6.13. The third-order valence-electron chi connectivity index (χ3n) is 5.57. The number of para-hydroxylation sites is 2. The van der Waals surface area contributed by atoms with Crippen LogP contribution < -0.4 is 10.6 Å². The van der Waals surface area contributed by atoms with Gasteiger partial charge in [0.15, 0.2) is 11.9 Å². The zero-order chi connectivity index (χ0) is 24.2. The lowest BCUT2D eigenvalue weighted by molar-refractivity contribution is -0.0545. The number of benzene rings is 2. The molecule has 0 unspecified atom stereocenters. The Hall–Kier alpha value is -3.57. The first-order valence-electron chi connectivity index (χ1n) is 10.9. The molecule has 0 radical (unpaired) electrons. The maximum Gasteiger partial charge on any atom is 0.276 e. The molecule has 0 spiro atoms. The van der Waals surface area contributed by atoms with Gasteiger partial charge in [-0.3, -0.25) is 14.2 Å². The fourth-order valence-electron chi connectivity index (χ4n) is 3.89. The van der Waals surface area contributed by atoms with Gasteiger partial charge < -0.3 is 30.7 Å². The summed E-state index contributed by atoms with van der Waals surface area (Å²) in [5, 5.41) is 35.9. The highest BCUT2D eigenvalue weighted by Crippen LogP contribution is 2.33. The molecule has 1 aliphatic rings. The predicted octanol–water partition coefficient (Wildman–Crippen LogP) is 1.56. The Labute approximate surface area is 195 Å². The standard InChI is InChI=1S/C24H26N4O6/c1-2-17-27-18(22(32)25-14-9-5-3-6-10-14)19(23(33)26-15-11-7-4-8-12-15)28(17)24-21(31)20(30)16(13-29)34-24/h3-12,16,20-21,24,29-31H,2,13H2,1H3,(H,25,32)(H,26,33)/t16-,20-,21-,24-/m1/s1. The molecule has 5 N–H and O–H groups in total. The number of imidazole rings is 1. The average molecular weight is 466 g/mol. The summed E-state index contributed by atoms with van der Waals surface area (Å²) in [5.41, 5.74) is 0.715. The number of rotatable bonds is 7. The lowest BCUT2D eigenvalue weighted by Crippen LogP contribution is -2.34. The Kier molecular flexibility index (Phi) is 7.03. The Bertz CT molecular complexity index is 1150. The zero-order valence-electron chi connectivity index (χ0n) is 18.5. The van der Waals surface area contributed by atoms with Crippen LogP contribution in [0.1, 0.15) is 40.0 Å². The highest BCUT2D eigenvalue weighted by atomic mass is 16.6. The van der Waals surface area contributed by atoms with Crippen LogP contribution in [0, 0.1) is 0 Å². The van der Waals surface area contributed by atoms with Crippen LogP contribution in [-0.2, 0) is 11.2 Å². The second-order valence-corrected chi connectivity index (χ2v) is 7.82. The van der Waals surface area contributed by atoms with Crippen LogP contribution in [0.15, 0.2) is 60.7 Å². The van der Waals surface area contributed by atoms with Crippen LogP contribution >= 0.6 is 0 Å². The van der Waals surface area contributed by atoms with Crippen LogP contribution in [0.4, 0.5) is 11.4 Å². The Morgan fingerprint density at radius 1 is 0.941 bits per heavy atom. The van der Waals surface area contributed by atoms with E-state index in [0.29, 0.717) is 23.6 Å². The van der Waals surface area contributed by atoms with Crippen molar-refractivity contribution in [3.8, 4) is 0 Å². The molecule has 0 bridgehead atoms. The summed E-state index contributed by atoms with van der Waals surface area (Å²) in [7, 11) is 0. The van der Waals surface area contributed by atoms with E-state index in [0.717, 1.165) is 0 Å². The number of nitrogens with zero attached hydrogens (tertiary/aromatic N) is 2. The number of anilines is 2. The van der Waals surface area contributed by atoms with Crippen molar-refractivity contribution in [2.75, 3.05) is 17.2 Å². The van der Waals surface area contributed by atoms with E-state index in [9.17, 15) is 24.9 Å². The minimum atomic E-state index is -1.45. The van der Waals surface area contributed by atoms with E-state index in [-0.39, 0.29) is 11.4 Å². The number of hydrogen-bond donors (Lipinski definition) is 5. The van der Waals surface area contributed by atoms with Gasteiger partial charge in [-0.15, -0.1) is 0 Å². The molecule has 2 heterocycles. The van der Waals surface area contributed by atoms with E-state index in [1.807, 2.05) is 0 Å². The summed E-state index contributed by atoms with van der Waals surface area (Å²) in [6, 6.07) is 17.4. The van der Waals surface area contributed by atoms with Gasteiger partial charge in [0.2, 0.25) is 0 Å². The molecule has 10 nitrogen and oxygen atoms in total. The molecule has 10 heteroatoms. The summed E-state index contributed by atoms with van der Waals surface area (Å²) in [6.07, 6.45) is -4.82. The molecule has 4 atom stereocenters. The number of aliphatic hydroxyl groups is 3. The normalized spacial score (nSPS) is 21.9. The molecular formula is C24H26N4O6. The number of aromatic nitrogens is 2. The number of hydrogen-bond acceptors (Lipinski definition) is 7. The molecular weight excluding hydrogens is 440 g/mol. The molecule has 1 fully saturated rings. The van der Waals surface area contributed by atoms with Gasteiger partial charge in [0.1, 0.15) is 29.8 Å². The van der Waals surface area contributed by atoms with Crippen LogP contribution in [0.3, 0.4) is 0 Å². The third kappa shape index (κ3) is 4.57. The van der Waals surface area contributed by atoms with E-state index >= 15 is 0 Å². The summed E-state index contributed by atoms with van der Waals surface area (Å²) in [4.78, 5) is 31.0. The molecule has 0 saturated carbocycles. The highest BCUT2D eigenvalue weighted by Gasteiger charge is 2.46. The van der Waals surface area contributed by atoms with Gasteiger partial charge in [-0.1, -0.05) is 43.3 Å². The second-order valence-electron chi connectivity index (χ2n) is 7.82. The van der Waals surface area contributed by atoms with Gasteiger partial charge in [-0.05, 0) is 24.3 Å². The first-order chi connectivity index (χ1) is 16.4. The molecule has 3 aromatic rings. The van der Waals surface area contributed by atoms with Crippen molar-refractivity contribution in [2.24, 2.45) is 0 Å². The molecule has 1 aromatic heterocycles. The first kappa shape index (κ1) is 23.6. The molecule has 178 valence electrons. The number of ether oxygens (including phenoxy) is 1. The molecule has 0 aliphatic carbocycles. The minimum Gasteiger partial charge on any atom is -0.394 e.